The molecule has 6 rings (SSSR count). The Morgan fingerprint density at radius 3 is 2.02 bits per heavy atom. The number of hydrogen-bond acceptors (Lipinski definition) is 19. The van der Waals surface area contributed by atoms with Crippen molar-refractivity contribution in [2.24, 2.45) is 0 Å². The van der Waals surface area contributed by atoms with Crippen LogP contribution in [-0.4, -0.2) is 161 Å². The Bertz CT molecular complexity index is 1730. The maximum atomic E-state index is 13.6. The van der Waals surface area contributed by atoms with Crippen LogP contribution in [0.5, 0.6) is 17.2 Å². The molecule has 14 atom stereocenters. The Hall–Kier alpha value is -3.51. The van der Waals surface area contributed by atoms with Crippen molar-refractivity contribution in [2.75, 3.05) is 19.8 Å². The number of ether oxygens (including phenoxy) is 5. The van der Waals surface area contributed by atoms with E-state index in [4.69, 9.17) is 28.1 Å². The van der Waals surface area contributed by atoms with E-state index in [1.807, 2.05) is 0 Å². The summed E-state index contributed by atoms with van der Waals surface area (Å²) < 4.78 is 34.3. The lowest BCUT2D eigenvalue weighted by Gasteiger charge is -2.46. The number of fused-ring (bicyclic) bond motifs is 1. The molecule has 12 N–H and O–H groups in total. The molecule has 0 saturated carbocycles. The van der Waals surface area contributed by atoms with Gasteiger partial charge in [-0.1, -0.05) is 0 Å². The van der Waals surface area contributed by atoms with Crippen molar-refractivity contribution < 1.29 is 89.4 Å². The van der Waals surface area contributed by atoms with Gasteiger partial charge in [0.25, 0.3) is 0 Å². The Labute approximate surface area is 286 Å². The van der Waals surface area contributed by atoms with Gasteiger partial charge in [0.05, 0.1) is 25.4 Å². The van der Waals surface area contributed by atoms with Crippen molar-refractivity contribution in [1.82, 2.24) is 0 Å². The molecule has 19 heteroatoms. The first-order valence-electron chi connectivity index (χ1n) is 15.8. The van der Waals surface area contributed by atoms with Crippen molar-refractivity contribution in [3.63, 3.8) is 0 Å². The van der Waals surface area contributed by atoms with Crippen molar-refractivity contribution in [2.45, 2.75) is 85.8 Å². The number of aromatic hydroxyl groups is 2. The van der Waals surface area contributed by atoms with Gasteiger partial charge in [-0.05, 0) is 24.3 Å². The standard InChI is InChI=1S/C32H38O19/c33-7-17-23(40)26(43)30(51-32-28(45)25(42)22(39)18(8-34)50-32)29(48-17)20-16(49-31-27(44)21(38)13(37)9-46-31)6-15-19(24(20)41)12(36)5-14(47-15)10-1-3-11(35)4-2-10/h1-6,13,17-18,21-23,25-35,37-45H,7-9H2/t13-,17?,18?,21+,22-,23-,25+,26+,27?,28?,29+,30?,31+,32+/m1/s1. The molecule has 0 aliphatic carbocycles. The highest BCUT2D eigenvalue weighted by molar-refractivity contribution is 5.88. The van der Waals surface area contributed by atoms with Crippen LogP contribution < -0.4 is 10.2 Å². The minimum absolute atomic E-state index is 0.0188. The van der Waals surface area contributed by atoms with Crippen molar-refractivity contribution >= 4 is 11.0 Å². The molecule has 0 spiro atoms. The molecule has 3 fully saturated rings. The average Bonchev–Trinajstić information content (AvgIpc) is 3.11. The molecule has 0 bridgehead atoms. The number of rotatable bonds is 8. The summed E-state index contributed by atoms with van der Waals surface area (Å²) in [6, 6.07) is 7.67. The van der Waals surface area contributed by atoms with Crippen LogP contribution in [0.3, 0.4) is 0 Å². The van der Waals surface area contributed by atoms with Gasteiger partial charge in [-0.3, -0.25) is 4.79 Å². The van der Waals surface area contributed by atoms with Gasteiger partial charge in [-0.25, -0.2) is 0 Å². The summed E-state index contributed by atoms with van der Waals surface area (Å²) in [4.78, 5) is 13.6. The van der Waals surface area contributed by atoms with Crippen LogP contribution in [0.25, 0.3) is 22.3 Å². The van der Waals surface area contributed by atoms with E-state index in [9.17, 15) is 66.1 Å². The average molecular weight is 727 g/mol. The van der Waals surface area contributed by atoms with Crippen LogP contribution in [0.2, 0.25) is 0 Å². The van der Waals surface area contributed by atoms with E-state index in [-0.39, 0.29) is 17.1 Å². The zero-order valence-electron chi connectivity index (χ0n) is 26.4. The zero-order chi connectivity index (χ0) is 36.9. The third-order valence-corrected chi connectivity index (χ3v) is 9.14. The molecule has 4 heterocycles. The zero-order valence-corrected chi connectivity index (χ0v) is 26.4. The minimum Gasteiger partial charge on any atom is -0.508 e. The van der Waals surface area contributed by atoms with E-state index in [0.717, 1.165) is 12.1 Å². The molecular weight excluding hydrogens is 688 g/mol. The van der Waals surface area contributed by atoms with E-state index in [1.54, 1.807) is 0 Å². The molecule has 3 saturated heterocycles. The fourth-order valence-electron chi connectivity index (χ4n) is 6.25. The first-order valence-corrected chi connectivity index (χ1v) is 15.8. The highest BCUT2D eigenvalue weighted by atomic mass is 16.7. The predicted molar refractivity (Wildman–Crippen MR) is 165 cm³/mol. The van der Waals surface area contributed by atoms with Gasteiger partial charge >= 0.3 is 0 Å². The molecule has 2 aromatic carbocycles. The van der Waals surface area contributed by atoms with E-state index in [2.05, 4.69) is 0 Å². The number of hydrogen-bond donors (Lipinski definition) is 12. The number of benzene rings is 2. The fraction of sp³-hybridized carbons (Fsp3) is 0.531. The van der Waals surface area contributed by atoms with E-state index in [0.29, 0.717) is 5.56 Å². The third-order valence-electron chi connectivity index (χ3n) is 9.14. The van der Waals surface area contributed by atoms with Crippen LogP contribution in [0.4, 0.5) is 0 Å². The SMILES string of the molecule is O=c1cc(-c2ccc(O)cc2)oc2cc(O[C@@H]3OC[C@@H](O)[C@H](O)C3O)c([C@@H]3OC(CO)[C@@H](O)[C@H](O)C3O[C@@H]3OC(CO)[C@@H](O)[C@H](O)C3O)c(O)c12. The summed E-state index contributed by atoms with van der Waals surface area (Å²) in [6.45, 7) is -2.26. The lowest BCUT2D eigenvalue weighted by molar-refractivity contribution is -0.342. The van der Waals surface area contributed by atoms with E-state index < -0.39 is 134 Å². The molecule has 1 aromatic heterocycles. The lowest BCUT2D eigenvalue weighted by Crippen LogP contribution is -2.62. The van der Waals surface area contributed by atoms with Crippen LogP contribution >= 0.6 is 0 Å². The molecule has 51 heavy (non-hydrogen) atoms. The van der Waals surface area contributed by atoms with Gasteiger partial charge in [0, 0.05) is 17.7 Å². The molecule has 5 unspecified atom stereocenters. The van der Waals surface area contributed by atoms with E-state index in [1.165, 1.54) is 24.3 Å². The first-order chi connectivity index (χ1) is 24.2. The minimum atomic E-state index is -2.03. The number of aliphatic hydroxyl groups excluding tert-OH is 10. The van der Waals surface area contributed by atoms with Gasteiger partial charge < -0.3 is 89.4 Å². The smallest absolute Gasteiger partial charge is 0.228 e. The molecular formula is C32H38O19. The van der Waals surface area contributed by atoms with Gasteiger partial charge in [0.2, 0.25) is 6.29 Å². The third kappa shape index (κ3) is 6.90. The predicted octanol–water partition coefficient (Wildman–Crippen LogP) is -3.97. The van der Waals surface area contributed by atoms with Gasteiger partial charge in [0.1, 0.15) is 107 Å². The van der Waals surface area contributed by atoms with Crippen LogP contribution in [0.1, 0.15) is 11.7 Å². The number of phenols is 2. The molecule has 3 aromatic rings. The van der Waals surface area contributed by atoms with Crippen LogP contribution in [0, 0.1) is 0 Å². The number of aliphatic hydroxyl groups is 10. The molecule has 3 aliphatic heterocycles. The normalized spacial score (nSPS) is 37.4. The summed E-state index contributed by atoms with van der Waals surface area (Å²) >= 11 is 0. The Morgan fingerprint density at radius 2 is 1.35 bits per heavy atom. The maximum absolute atomic E-state index is 13.6. The summed E-state index contributed by atoms with van der Waals surface area (Å²) in [5.74, 6) is -1.49. The fourth-order valence-corrected chi connectivity index (χ4v) is 6.25. The highest BCUT2D eigenvalue weighted by Gasteiger charge is 2.52. The quantitative estimate of drug-likeness (QED) is 0.105. The summed E-state index contributed by atoms with van der Waals surface area (Å²) in [5.41, 5.74) is -1.32. The second-order valence-electron chi connectivity index (χ2n) is 12.5. The molecule has 19 nitrogen and oxygen atoms in total. The van der Waals surface area contributed by atoms with Gasteiger partial charge in [0.15, 0.2) is 11.7 Å². The monoisotopic (exact) mass is 726 g/mol. The Balaban J connectivity index is 1.51. The summed E-state index contributed by atoms with van der Waals surface area (Å²) in [6.07, 6.45) is -25.3. The van der Waals surface area contributed by atoms with Crippen LogP contribution in [-0.2, 0) is 18.9 Å². The largest absolute Gasteiger partial charge is 0.508 e. The Morgan fingerprint density at radius 1 is 0.725 bits per heavy atom. The Kier molecular flexibility index (Phi) is 10.8. The topological polar surface area (TPSA) is 319 Å². The molecule has 0 radical (unpaired) electrons. The van der Waals surface area contributed by atoms with Crippen LogP contribution in [0.15, 0.2) is 45.6 Å². The van der Waals surface area contributed by atoms with Crippen molar-refractivity contribution in [3.05, 3.63) is 52.2 Å². The second kappa shape index (κ2) is 14.8. The van der Waals surface area contributed by atoms with Gasteiger partial charge in [-0.2, -0.15) is 0 Å². The highest BCUT2D eigenvalue weighted by Crippen LogP contribution is 2.47. The van der Waals surface area contributed by atoms with E-state index >= 15 is 0 Å². The molecule has 3 aliphatic rings. The second-order valence-corrected chi connectivity index (χ2v) is 12.5. The maximum Gasteiger partial charge on any atom is 0.228 e. The molecule has 280 valence electrons. The van der Waals surface area contributed by atoms with Gasteiger partial charge in [-0.15, -0.1) is 0 Å². The number of phenolic OH excluding ortho intramolecular Hbond substituents is 2. The molecule has 0 amide bonds. The lowest BCUT2D eigenvalue weighted by atomic mass is 9.89. The van der Waals surface area contributed by atoms with Crippen molar-refractivity contribution in [3.8, 4) is 28.6 Å². The van der Waals surface area contributed by atoms with Crippen molar-refractivity contribution in [1.29, 1.82) is 0 Å². The first kappa shape index (κ1) is 37.3. The summed E-state index contributed by atoms with van der Waals surface area (Å²) in [7, 11) is 0. The summed E-state index contributed by atoms with van der Waals surface area (Å²) in [5, 5.41) is 125.